The minimum absolute atomic E-state index is 0.0319. The van der Waals surface area contributed by atoms with Crippen molar-refractivity contribution >= 4 is 0 Å². The predicted molar refractivity (Wildman–Crippen MR) is 77.1 cm³/mol. The zero-order valence-corrected chi connectivity index (χ0v) is 11.4. The molecule has 20 heavy (non-hydrogen) atoms. The van der Waals surface area contributed by atoms with Crippen molar-refractivity contribution in [3.05, 3.63) is 57.8 Å². The van der Waals surface area contributed by atoms with Crippen molar-refractivity contribution in [2.75, 3.05) is 6.61 Å². The minimum atomic E-state index is 0.0319. The summed E-state index contributed by atoms with van der Waals surface area (Å²) in [4.78, 5) is 19.4. The van der Waals surface area contributed by atoms with Crippen LogP contribution in [0.5, 0.6) is 5.75 Å². The van der Waals surface area contributed by atoms with Crippen LogP contribution in [-0.2, 0) is 19.3 Å². The first kappa shape index (κ1) is 12.9. The third-order valence-electron chi connectivity index (χ3n) is 3.59. The molecule has 0 aliphatic heterocycles. The van der Waals surface area contributed by atoms with Crippen molar-refractivity contribution in [3.8, 4) is 5.75 Å². The van der Waals surface area contributed by atoms with Gasteiger partial charge in [-0.15, -0.1) is 0 Å². The van der Waals surface area contributed by atoms with Gasteiger partial charge in [-0.3, -0.25) is 4.79 Å². The molecule has 1 aromatic carbocycles. The van der Waals surface area contributed by atoms with Gasteiger partial charge < -0.3 is 9.72 Å². The summed E-state index contributed by atoms with van der Waals surface area (Å²) >= 11 is 0. The maximum atomic E-state index is 12.0. The Labute approximate surface area is 117 Å². The van der Waals surface area contributed by atoms with Crippen LogP contribution < -0.4 is 10.3 Å². The van der Waals surface area contributed by atoms with Crippen LogP contribution >= 0.6 is 0 Å². The highest BCUT2D eigenvalue weighted by Crippen LogP contribution is 2.15. The van der Waals surface area contributed by atoms with Gasteiger partial charge in [0.2, 0.25) is 0 Å². The number of aromatic nitrogens is 2. The van der Waals surface area contributed by atoms with E-state index in [0.29, 0.717) is 13.0 Å². The van der Waals surface area contributed by atoms with E-state index in [-0.39, 0.29) is 5.56 Å². The molecule has 4 nitrogen and oxygen atoms in total. The molecule has 0 spiro atoms. The number of fused-ring (bicyclic) bond motifs is 1. The molecule has 104 valence electrons. The molecule has 0 bridgehead atoms. The van der Waals surface area contributed by atoms with Crippen LogP contribution in [0.15, 0.2) is 35.1 Å². The zero-order valence-electron chi connectivity index (χ0n) is 11.4. The fraction of sp³-hybridized carbons (Fsp3) is 0.375. The molecule has 3 rings (SSSR count). The number of hydrogen-bond donors (Lipinski definition) is 1. The number of nitrogens with one attached hydrogen (secondary N) is 1. The number of ether oxygens (including phenoxy) is 1. The summed E-state index contributed by atoms with van der Waals surface area (Å²) in [6.45, 7) is 0.520. The first-order valence-electron chi connectivity index (χ1n) is 7.12. The molecule has 1 N–H and O–H groups in total. The molecular weight excluding hydrogens is 252 g/mol. The third kappa shape index (κ3) is 2.90. The van der Waals surface area contributed by atoms with Gasteiger partial charge in [0.1, 0.15) is 11.6 Å². The molecule has 0 saturated heterocycles. The first-order chi connectivity index (χ1) is 9.83. The number of hydrogen-bond acceptors (Lipinski definition) is 3. The molecule has 2 aromatic rings. The Morgan fingerprint density at radius 1 is 1.15 bits per heavy atom. The second-order valence-corrected chi connectivity index (χ2v) is 5.06. The Morgan fingerprint density at radius 2 is 1.95 bits per heavy atom. The zero-order chi connectivity index (χ0) is 13.8. The summed E-state index contributed by atoms with van der Waals surface area (Å²) in [5.41, 5.74) is 1.89. The highest BCUT2D eigenvalue weighted by atomic mass is 16.5. The number of nitrogens with zero attached hydrogens (tertiary/aromatic N) is 1. The van der Waals surface area contributed by atoms with Crippen LogP contribution in [0.3, 0.4) is 0 Å². The van der Waals surface area contributed by atoms with Crippen LogP contribution in [0.2, 0.25) is 0 Å². The van der Waals surface area contributed by atoms with E-state index in [2.05, 4.69) is 9.97 Å². The molecule has 1 aliphatic carbocycles. The molecular formula is C16H18N2O2. The molecule has 1 aliphatic rings. The van der Waals surface area contributed by atoms with Crippen molar-refractivity contribution in [1.29, 1.82) is 0 Å². The van der Waals surface area contributed by atoms with Crippen molar-refractivity contribution in [2.24, 2.45) is 0 Å². The van der Waals surface area contributed by atoms with Gasteiger partial charge in [-0.2, -0.15) is 0 Å². The van der Waals surface area contributed by atoms with Crippen molar-refractivity contribution < 1.29 is 4.74 Å². The number of rotatable bonds is 4. The summed E-state index contributed by atoms with van der Waals surface area (Å²) in [6, 6.07) is 9.67. The molecule has 0 unspecified atom stereocenters. The Bertz CT molecular complexity index is 635. The lowest BCUT2D eigenvalue weighted by Gasteiger charge is -2.14. The third-order valence-corrected chi connectivity index (χ3v) is 3.59. The van der Waals surface area contributed by atoms with Crippen LogP contribution in [-0.4, -0.2) is 16.6 Å². The molecule has 1 heterocycles. The topological polar surface area (TPSA) is 55.0 Å². The maximum Gasteiger partial charge on any atom is 0.254 e. The molecule has 0 radical (unpaired) electrons. The highest BCUT2D eigenvalue weighted by Gasteiger charge is 2.15. The van der Waals surface area contributed by atoms with Crippen molar-refractivity contribution in [3.63, 3.8) is 0 Å². The van der Waals surface area contributed by atoms with Gasteiger partial charge >= 0.3 is 0 Å². The average molecular weight is 270 g/mol. The Kier molecular flexibility index (Phi) is 3.81. The lowest BCUT2D eigenvalue weighted by molar-refractivity contribution is 0.318. The van der Waals surface area contributed by atoms with E-state index in [0.717, 1.165) is 48.5 Å². The van der Waals surface area contributed by atoms with Gasteiger partial charge in [-0.05, 0) is 37.8 Å². The molecule has 4 heteroatoms. The Morgan fingerprint density at radius 3 is 2.80 bits per heavy atom. The number of aryl methyl sites for hydroxylation is 1. The molecule has 0 atom stereocenters. The largest absolute Gasteiger partial charge is 0.493 e. The van der Waals surface area contributed by atoms with Crippen LogP contribution in [0.1, 0.15) is 29.9 Å². The standard InChI is InChI=1S/C16H18N2O2/c19-16-13-8-4-5-9-14(13)17-15(18-16)10-11-20-12-6-2-1-3-7-12/h1-3,6-7H,4-5,8-11H2,(H,17,18,19). The van der Waals surface area contributed by atoms with E-state index >= 15 is 0 Å². The first-order valence-corrected chi connectivity index (χ1v) is 7.12. The summed E-state index contributed by atoms with van der Waals surface area (Å²) in [6.07, 6.45) is 4.62. The lowest BCUT2D eigenvalue weighted by atomic mass is 9.97. The fourth-order valence-corrected chi connectivity index (χ4v) is 2.56. The van der Waals surface area contributed by atoms with Gasteiger partial charge in [0.25, 0.3) is 5.56 Å². The number of para-hydroxylation sites is 1. The molecule has 0 amide bonds. The molecule has 0 fully saturated rings. The van der Waals surface area contributed by atoms with E-state index < -0.39 is 0 Å². The second kappa shape index (κ2) is 5.90. The van der Waals surface area contributed by atoms with E-state index in [1.165, 1.54) is 0 Å². The molecule has 1 aromatic heterocycles. The normalized spacial score (nSPS) is 13.8. The van der Waals surface area contributed by atoms with Gasteiger partial charge in [0.05, 0.1) is 12.3 Å². The minimum Gasteiger partial charge on any atom is -0.493 e. The quantitative estimate of drug-likeness (QED) is 0.927. The van der Waals surface area contributed by atoms with Gasteiger partial charge in [0, 0.05) is 12.0 Å². The second-order valence-electron chi connectivity index (χ2n) is 5.06. The monoisotopic (exact) mass is 270 g/mol. The van der Waals surface area contributed by atoms with Gasteiger partial charge in [0.15, 0.2) is 0 Å². The fourth-order valence-electron chi connectivity index (χ4n) is 2.56. The highest BCUT2D eigenvalue weighted by molar-refractivity contribution is 5.22. The van der Waals surface area contributed by atoms with Crippen molar-refractivity contribution in [1.82, 2.24) is 9.97 Å². The SMILES string of the molecule is O=c1[nH]c(CCOc2ccccc2)nc2c1CCCC2. The summed E-state index contributed by atoms with van der Waals surface area (Å²) < 4.78 is 5.63. The average Bonchev–Trinajstić information content (AvgIpc) is 2.48. The summed E-state index contributed by atoms with van der Waals surface area (Å²) in [5, 5.41) is 0. The van der Waals surface area contributed by atoms with Gasteiger partial charge in [-0.25, -0.2) is 4.98 Å². The summed E-state index contributed by atoms with van der Waals surface area (Å²) in [7, 11) is 0. The Hall–Kier alpha value is -2.10. The van der Waals surface area contributed by atoms with Crippen LogP contribution in [0.25, 0.3) is 0 Å². The van der Waals surface area contributed by atoms with Crippen LogP contribution in [0, 0.1) is 0 Å². The van der Waals surface area contributed by atoms with E-state index in [9.17, 15) is 4.79 Å². The molecule has 0 saturated carbocycles. The lowest BCUT2D eigenvalue weighted by Crippen LogP contribution is -2.23. The number of benzene rings is 1. The smallest absolute Gasteiger partial charge is 0.254 e. The summed E-state index contributed by atoms with van der Waals surface area (Å²) in [5.74, 6) is 1.57. The van der Waals surface area contributed by atoms with Crippen LogP contribution in [0.4, 0.5) is 0 Å². The van der Waals surface area contributed by atoms with E-state index in [4.69, 9.17) is 4.74 Å². The maximum absolute atomic E-state index is 12.0. The van der Waals surface area contributed by atoms with E-state index in [1.807, 2.05) is 30.3 Å². The number of H-pyrrole nitrogens is 1. The predicted octanol–water partition coefficient (Wildman–Crippen LogP) is 2.27. The van der Waals surface area contributed by atoms with Crippen molar-refractivity contribution in [2.45, 2.75) is 32.1 Å². The van der Waals surface area contributed by atoms with Gasteiger partial charge in [-0.1, -0.05) is 18.2 Å². The number of aromatic amines is 1. The Balaban J connectivity index is 1.66. The van der Waals surface area contributed by atoms with E-state index in [1.54, 1.807) is 0 Å².